The molecule has 0 atom stereocenters. The fraction of sp³-hybridized carbons (Fsp3) is 0.238. The maximum Gasteiger partial charge on any atom is 0.323 e. The molecule has 1 aromatic heterocycles. The molecule has 0 spiro atoms. The number of carbonyl (C=O) groups is 2. The van der Waals surface area contributed by atoms with Gasteiger partial charge in [-0.3, -0.25) is 23.9 Å². The maximum atomic E-state index is 13.0. The van der Waals surface area contributed by atoms with Gasteiger partial charge in [0.15, 0.2) is 0 Å². The van der Waals surface area contributed by atoms with Crippen molar-refractivity contribution in [1.29, 1.82) is 0 Å². The van der Waals surface area contributed by atoms with Crippen molar-refractivity contribution in [3.8, 4) is 0 Å². The van der Waals surface area contributed by atoms with Crippen LogP contribution in [0.4, 0.5) is 5.69 Å². The molecule has 1 N–H and O–H groups in total. The first-order valence-electron chi connectivity index (χ1n) is 9.91. The van der Waals surface area contributed by atoms with Gasteiger partial charge in [0.1, 0.15) is 20.4 Å². The fourth-order valence-electron chi connectivity index (χ4n) is 3.46. The van der Waals surface area contributed by atoms with E-state index in [9.17, 15) is 14.4 Å². The zero-order valence-corrected chi connectivity index (χ0v) is 21.6. The van der Waals surface area contributed by atoms with Gasteiger partial charge in [-0.1, -0.05) is 47.3 Å². The summed E-state index contributed by atoms with van der Waals surface area (Å²) in [4.78, 5) is 41.5. The van der Waals surface area contributed by atoms with E-state index < -0.39 is 18.4 Å². The highest BCUT2D eigenvalue weighted by Gasteiger charge is 2.35. The molecule has 7 nitrogen and oxygen atoms in total. The van der Waals surface area contributed by atoms with Crippen molar-refractivity contribution in [3.05, 3.63) is 53.9 Å². The number of fused-ring (bicyclic) bond motifs is 1. The zero-order chi connectivity index (χ0) is 23.9. The minimum atomic E-state index is -1.15. The highest BCUT2D eigenvalue weighted by atomic mass is 35.5. The third kappa shape index (κ3) is 4.52. The number of aromatic nitrogens is 1. The number of benzene rings is 1. The highest BCUT2D eigenvalue weighted by molar-refractivity contribution is 8.30. The Hall–Kier alpha value is -2.05. The lowest BCUT2D eigenvalue weighted by atomic mass is 10.3. The highest BCUT2D eigenvalue weighted by Crippen LogP contribution is 2.46. The Morgan fingerprint density at radius 3 is 2.58 bits per heavy atom. The number of aliphatic carboxylic acids is 1. The minimum Gasteiger partial charge on any atom is -0.480 e. The van der Waals surface area contributed by atoms with Crippen LogP contribution in [0.15, 0.2) is 39.0 Å². The number of halogens is 1. The number of hydrogen-bond acceptors (Lipinski definition) is 8. The number of nitrogens with zero attached hydrogens (tertiary/aromatic N) is 3. The molecule has 1 amide bonds. The largest absolute Gasteiger partial charge is 0.480 e. The molecule has 1 fully saturated rings. The van der Waals surface area contributed by atoms with Crippen molar-refractivity contribution in [1.82, 2.24) is 9.47 Å². The van der Waals surface area contributed by atoms with Gasteiger partial charge < -0.3 is 10.0 Å². The Morgan fingerprint density at radius 1 is 1.15 bits per heavy atom. The van der Waals surface area contributed by atoms with Crippen LogP contribution in [0.25, 0.3) is 11.0 Å². The maximum absolute atomic E-state index is 13.0. The second-order valence-electron chi connectivity index (χ2n) is 6.93. The van der Waals surface area contributed by atoms with Crippen molar-refractivity contribution in [2.24, 2.45) is 0 Å². The number of thiocarbonyl (C=S) groups is 1. The Kier molecular flexibility index (Phi) is 7.06. The predicted molar refractivity (Wildman–Crippen MR) is 139 cm³/mol. The summed E-state index contributed by atoms with van der Waals surface area (Å²) in [6.45, 7) is 4.48. The summed E-state index contributed by atoms with van der Waals surface area (Å²) in [5.41, 5.74) is 0.826. The van der Waals surface area contributed by atoms with Gasteiger partial charge in [0.2, 0.25) is 0 Å². The van der Waals surface area contributed by atoms with E-state index >= 15 is 0 Å². The van der Waals surface area contributed by atoms with Crippen LogP contribution in [0.2, 0.25) is 5.02 Å². The Morgan fingerprint density at radius 2 is 1.91 bits per heavy atom. The molecule has 1 aromatic carbocycles. The monoisotopic (exact) mass is 539 g/mol. The van der Waals surface area contributed by atoms with Crippen molar-refractivity contribution < 1.29 is 14.7 Å². The van der Waals surface area contributed by atoms with Crippen LogP contribution < -0.4 is 19.7 Å². The number of thioether (sulfide) groups is 2. The number of carbonyl (C=O) groups excluding carboxylic acids is 1. The Labute approximate surface area is 212 Å². The van der Waals surface area contributed by atoms with Gasteiger partial charge in [-0.2, -0.15) is 0 Å². The average Bonchev–Trinajstić information content (AvgIpc) is 3.37. The number of allylic oxidation sites excluding steroid dienone is 1. The lowest BCUT2D eigenvalue weighted by Gasteiger charge is -2.17. The summed E-state index contributed by atoms with van der Waals surface area (Å²) in [6, 6.07) is 5.75. The first-order valence-corrected chi connectivity index (χ1v) is 13.1. The van der Waals surface area contributed by atoms with Crippen LogP contribution in [0.1, 0.15) is 13.8 Å². The molecule has 3 heterocycles. The molecule has 0 radical (unpaired) electrons. The van der Waals surface area contributed by atoms with Crippen molar-refractivity contribution in [3.63, 3.8) is 0 Å². The second-order valence-corrected chi connectivity index (χ2v) is 11.1. The van der Waals surface area contributed by atoms with E-state index in [4.69, 9.17) is 28.9 Å². The van der Waals surface area contributed by atoms with E-state index in [2.05, 4.69) is 4.90 Å². The summed E-state index contributed by atoms with van der Waals surface area (Å²) in [7, 11) is 0. The molecule has 172 valence electrons. The average molecular weight is 540 g/mol. The fourth-order valence-corrected chi connectivity index (χ4v) is 7.25. The zero-order valence-electron chi connectivity index (χ0n) is 17.5. The molecule has 2 aliphatic heterocycles. The molecule has 0 saturated carbocycles. The number of rotatable bonds is 5. The molecule has 0 unspecified atom stereocenters. The van der Waals surface area contributed by atoms with Crippen LogP contribution in [0.3, 0.4) is 0 Å². The van der Waals surface area contributed by atoms with Crippen molar-refractivity contribution in [2.45, 2.75) is 25.3 Å². The van der Waals surface area contributed by atoms with E-state index in [1.54, 1.807) is 17.8 Å². The van der Waals surface area contributed by atoms with Crippen molar-refractivity contribution >= 4 is 91.5 Å². The number of thiazole rings is 1. The molecule has 12 heteroatoms. The number of anilines is 1. The molecule has 4 rings (SSSR count). The lowest BCUT2D eigenvalue weighted by molar-refractivity contribution is -0.140. The summed E-state index contributed by atoms with van der Waals surface area (Å²) >= 11 is 15.2. The SMILES string of the molecule is CCN1C(=CC=c2s/c(=C3\SC(=S)N(CC(=O)O)C3=O)n(CC)c2=O)Sc2ccc(Cl)cc21. The summed E-state index contributed by atoms with van der Waals surface area (Å²) < 4.78 is 2.66. The summed E-state index contributed by atoms with van der Waals surface area (Å²) in [5, 5.41) is 10.7. The smallest absolute Gasteiger partial charge is 0.323 e. The van der Waals surface area contributed by atoms with E-state index in [0.29, 0.717) is 20.8 Å². The third-order valence-corrected chi connectivity index (χ3v) is 9.03. The van der Waals surface area contributed by atoms with Crippen LogP contribution in [-0.4, -0.2) is 43.9 Å². The first kappa shape index (κ1) is 24.1. The summed E-state index contributed by atoms with van der Waals surface area (Å²) in [6.07, 6.45) is 3.66. The summed E-state index contributed by atoms with van der Waals surface area (Å²) in [5.74, 6) is -1.64. The topological polar surface area (TPSA) is 82.8 Å². The van der Waals surface area contributed by atoms with E-state index in [1.165, 1.54) is 15.9 Å². The van der Waals surface area contributed by atoms with Crippen LogP contribution in [0.5, 0.6) is 0 Å². The molecule has 33 heavy (non-hydrogen) atoms. The second kappa shape index (κ2) is 9.67. The van der Waals surface area contributed by atoms with Crippen molar-refractivity contribution in [2.75, 3.05) is 18.0 Å². The Balaban J connectivity index is 1.78. The molecular formula is C21H18ClN3O4S4. The molecule has 0 aliphatic carbocycles. The molecule has 2 aliphatic rings. The molecule has 0 bridgehead atoms. The number of amides is 1. The Bertz CT molecular complexity index is 1400. The van der Waals surface area contributed by atoms with Gasteiger partial charge in [-0.05, 0) is 44.2 Å². The van der Waals surface area contributed by atoms with E-state index in [-0.39, 0.29) is 14.8 Å². The van der Waals surface area contributed by atoms with Crippen LogP contribution in [-0.2, 0) is 16.1 Å². The minimum absolute atomic E-state index is 0.172. The van der Waals surface area contributed by atoms with Gasteiger partial charge in [0.05, 0.1) is 15.2 Å². The standard InChI is InChI=1S/C21H18ClN3O4S4/c1-3-23-12-9-11(22)5-6-13(12)31-15(23)8-7-14-18(28)24(4-2)20(32-14)17-19(29)25(10-16(26)27)21(30)33-17/h5-9H,3-4,10H2,1-2H3,(H,26,27)/b14-7?,15-8?,20-17-. The van der Waals surface area contributed by atoms with Crippen LogP contribution in [0, 0.1) is 0 Å². The van der Waals surface area contributed by atoms with Gasteiger partial charge in [-0.25, -0.2) is 0 Å². The lowest BCUT2D eigenvalue weighted by Crippen LogP contribution is -2.35. The van der Waals surface area contributed by atoms with E-state index in [0.717, 1.165) is 38.8 Å². The first-order chi connectivity index (χ1) is 15.7. The van der Waals surface area contributed by atoms with Crippen LogP contribution >= 0.6 is 58.7 Å². The molecule has 2 aromatic rings. The molecular weight excluding hydrogens is 522 g/mol. The predicted octanol–water partition coefficient (Wildman–Crippen LogP) is 2.89. The third-order valence-electron chi connectivity index (χ3n) is 4.95. The van der Waals surface area contributed by atoms with Gasteiger partial charge in [0.25, 0.3) is 11.5 Å². The molecule has 1 saturated heterocycles. The van der Waals surface area contributed by atoms with Gasteiger partial charge in [0, 0.05) is 23.0 Å². The number of hydrogen-bond donors (Lipinski definition) is 1. The quantitative estimate of drug-likeness (QED) is 0.581. The normalized spacial score (nSPS) is 19.2. The van der Waals surface area contributed by atoms with Gasteiger partial charge >= 0.3 is 5.97 Å². The van der Waals surface area contributed by atoms with E-state index in [1.807, 2.05) is 38.1 Å². The van der Waals surface area contributed by atoms with Gasteiger partial charge in [-0.15, -0.1) is 11.3 Å². The number of carboxylic acids is 1. The number of carboxylic acid groups (broad SMARTS) is 1.